The van der Waals surface area contributed by atoms with Gasteiger partial charge < -0.3 is 10.0 Å². The van der Waals surface area contributed by atoms with Crippen molar-refractivity contribution in [3.8, 4) is 0 Å². The SMILES string of the molecule is Cc1ccc(C)c([C@H](O)CN2CCN([C@H]3CCCN(C)C3)CC2)c1. The van der Waals surface area contributed by atoms with Gasteiger partial charge in [0, 0.05) is 45.3 Å². The summed E-state index contributed by atoms with van der Waals surface area (Å²) < 4.78 is 0. The van der Waals surface area contributed by atoms with Crippen LogP contribution in [0, 0.1) is 13.8 Å². The molecular formula is C20H33N3O. The molecule has 24 heavy (non-hydrogen) atoms. The Hall–Kier alpha value is -0.940. The van der Waals surface area contributed by atoms with E-state index in [4.69, 9.17) is 0 Å². The third-order valence-corrected chi connectivity index (χ3v) is 5.75. The van der Waals surface area contributed by atoms with Gasteiger partial charge >= 0.3 is 0 Å². The zero-order valence-corrected chi connectivity index (χ0v) is 15.5. The summed E-state index contributed by atoms with van der Waals surface area (Å²) in [4.78, 5) is 7.55. The molecule has 2 atom stereocenters. The van der Waals surface area contributed by atoms with Crippen molar-refractivity contribution in [3.05, 3.63) is 34.9 Å². The molecule has 1 aromatic rings. The van der Waals surface area contributed by atoms with Crippen molar-refractivity contribution in [1.29, 1.82) is 0 Å². The highest BCUT2D eigenvalue weighted by Gasteiger charge is 2.27. The minimum Gasteiger partial charge on any atom is -0.387 e. The van der Waals surface area contributed by atoms with E-state index in [0.29, 0.717) is 0 Å². The quantitative estimate of drug-likeness (QED) is 0.915. The summed E-state index contributed by atoms with van der Waals surface area (Å²) in [6.07, 6.45) is 2.29. The summed E-state index contributed by atoms with van der Waals surface area (Å²) in [5.41, 5.74) is 3.50. The molecule has 0 unspecified atom stereocenters. The van der Waals surface area contributed by atoms with Crippen molar-refractivity contribution in [3.63, 3.8) is 0 Å². The molecule has 4 heteroatoms. The minimum absolute atomic E-state index is 0.378. The van der Waals surface area contributed by atoms with E-state index in [2.05, 4.69) is 53.8 Å². The number of aryl methyl sites for hydroxylation is 2. The maximum atomic E-state index is 10.7. The van der Waals surface area contributed by atoms with Crippen LogP contribution in [0.5, 0.6) is 0 Å². The van der Waals surface area contributed by atoms with Crippen LogP contribution in [0.25, 0.3) is 0 Å². The normalized spacial score (nSPS) is 25.8. The highest BCUT2D eigenvalue weighted by atomic mass is 16.3. The second kappa shape index (κ2) is 7.96. The van der Waals surface area contributed by atoms with Gasteiger partial charge in [-0.05, 0) is 51.4 Å². The van der Waals surface area contributed by atoms with Gasteiger partial charge in [0.05, 0.1) is 6.10 Å². The van der Waals surface area contributed by atoms with Crippen molar-refractivity contribution in [1.82, 2.24) is 14.7 Å². The number of piperazine rings is 1. The van der Waals surface area contributed by atoms with Gasteiger partial charge in [0.25, 0.3) is 0 Å². The third kappa shape index (κ3) is 4.37. The molecule has 2 heterocycles. The lowest BCUT2D eigenvalue weighted by molar-refractivity contribution is 0.0369. The monoisotopic (exact) mass is 331 g/mol. The van der Waals surface area contributed by atoms with E-state index in [1.54, 1.807) is 0 Å². The molecule has 1 aromatic carbocycles. The molecule has 2 aliphatic heterocycles. The smallest absolute Gasteiger partial charge is 0.0919 e. The van der Waals surface area contributed by atoms with Crippen LogP contribution in [-0.4, -0.2) is 78.7 Å². The topological polar surface area (TPSA) is 30.0 Å². The van der Waals surface area contributed by atoms with Crippen LogP contribution in [0.2, 0.25) is 0 Å². The van der Waals surface area contributed by atoms with Crippen molar-refractivity contribution in [2.24, 2.45) is 0 Å². The van der Waals surface area contributed by atoms with E-state index >= 15 is 0 Å². The highest BCUT2D eigenvalue weighted by molar-refractivity contribution is 5.32. The summed E-state index contributed by atoms with van der Waals surface area (Å²) in [6, 6.07) is 7.10. The lowest BCUT2D eigenvalue weighted by Crippen LogP contribution is -2.54. The Morgan fingerprint density at radius 2 is 1.88 bits per heavy atom. The van der Waals surface area contributed by atoms with Crippen LogP contribution < -0.4 is 0 Å². The van der Waals surface area contributed by atoms with E-state index in [1.807, 2.05) is 0 Å². The Balaban J connectivity index is 1.50. The largest absolute Gasteiger partial charge is 0.387 e. The van der Waals surface area contributed by atoms with Gasteiger partial charge in [0.15, 0.2) is 0 Å². The predicted molar refractivity (Wildman–Crippen MR) is 99.4 cm³/mol. The van der Waals surface area contributed by atoms with Crippen molar-refractivity contribution in [2.45, 2.75) is 38.8 Å². The molecule has 3 rings (SSSR count). The number of aliphatic hydroxyl groups excluding tert-OH is 1. The highest BCUT2D eigenvalue weighted by Crippen LogP contribution is 2.22. The van der Waals surface area contributed by atoms with Gasteiger partial charge in [-0.3, -0.25) is 9.80 Å². The first-order valence-corrected chi connectivity index (χ1v) is 9.43. The molecule has 2 saturated heterocycles. The molecule has 1 N–H and O–H groups in total. The Kier molecular flexibility index (Phi) is 5.93. The lowest BCUT2D eigenvalue weighted by atomic mass is 10.00. The van der Waals surface area contributed by atoms with E-state index in [1.165, 1.54) is 37.1 Å². The average molecular weight is 332 g/mol. The molecule has 0 saturated carbocycles. The van der Waals surface area contributed by atoms with Gasteiger partial charge in [0.2, 0.25) is 0 Å². The zero-order chi connectivity index (χ0) is 17.1. The average Bonchev–Trinajstić information content (AvgIpc) is 2.57. The molecule has 2 fully saturated rings. The van der Waals surface area contributed by atoms with Crippen LogP contribution in [0.15, 0.2) is 18.2 Å². The molecule has 4 nitrogen and oxygen atoms in total. The summed E-state index contributed by atoms with van der Waals surface area (Å²) >= 11 is 0. The van der Waals surface area contributed by atoms with Crippen LogP contribution >= 0.6 is 0 Å². The molecule has 0 aliphatic carbocycles. The maximum absolute atomic E-state index is 10.7. The van der Waals surface area contributed by atoms with Crippen LogP contribution in [0.3, 0.4) is 0 Å². The van der Waals surface area contributed by atoms with Crippen LogP contribution in [-0.2, 0) is 0 Å². The third-order valence-electron chi connectivity index (χ3n) is 5.75. The first-order valence-electron chi connectivity index (χ1n) is 9.43. The molecule has 134 valence electrons. The number of nitrogens with zero attached hydrogens (tertiary/aromatic N) is 3. The number of aliphatic hydroxyl groups is 1. The maximum Gasteiger partial charge on any atom is 0.0919 e. The summed E-state index contributed by atoms with van der Waals surface area (Å²) in [5.74, 6) is 0. The molecule has 0 radical (unpaired) electrons. The number of benzene rings is 1. The van der Waals surface area contributed by atoms with Crippen molar-refractivity contribution in [2.75, 3.05) is 52.9 Å². The molecule has 2 aliphatic rings. The Morgan fingerprint density at radius 3 is 2.58 bits per heavy atom. The van der Waals surface area contributed by atoms with Gasteiger partial charge in [0.1, 0.15) is 0 Å². The second-order valence-corrected chi connectivity index (χ2v) is 7.77. The second-order valence-electron chi connectivity index (χ2n) is 7.77. The summed E-state index contributed by atoms with van der Waals surface area (Å²) in [6.45, 7) is 11.8. The molecule has 0 aromatic heterocycles. The first kappa shape index (κ1) is 17.9. The Morgan fingerprint density at radius 1 is 1.12 bits per heavy atom. The van der Waals surface area contributed by atoms with E-state index in [0.717, 1.165) is 44.3 Å². The number of β-amino-alcohol motifs (C(OH)–C–C–N with tert-alkyl or cyclic N) is 1. The van der Waals surface area contributed by atoms with Crippen molar-refractivity contribution < 1.29 is 5.11 Å². The van der Waals surface area contributed by atoms with Crippen molar-refractivity contribution >= 4 is 0 Å². The number of hydrogen-bond donors (Lipinski definition) is 1. The number of rotatable bonds is 4. The van der Waals surface area contributed by atoms with Crippen LogP contribution in [0.4, 0.5) is 0 Å². The summed E-state index contributed by atoms with van der Waals surface area (Å²) in [5, 5.41) is 10.7. The molecule has 0 bridgehead atoms. The van der Waals surface area contributed by atoms with Gasteiger partial charge in [-0.25, -0.2) is 0 Å². The van der Waals surface area contributed by atoms with Gasteiger partial charge in [-0.2, -0.15) is 0 Å². The van der Waals surface area contributed by atoms with E-state index in [-0.39, 0.29) is 6.10 Å². The summed E-state index contributed by atoms with van der Waals surface area (Å²) in [7, 11) is 2.24. The first-order chi connectivity index (χ1) is 11.5. The molecule has 0 spiro atoms. The predicted octanol–water partition coefficient (Wildman–Crippen LogP) is 2.05. The number of piperidine rings is 1. The lowest BCUT2D eigenvalue weighted by Gasteiger charge is -2.43. The number of likely N-dealkylation sites (N-methyl/N-ethyl adjacent to an activating group) is 1. The molecular weight excluding hydrogens is 298 g/mol. The fraction of sp³-hybridized carbons (Fsp3) is 0.700. The van der Waals surface area contributed by atoms with Gasteiger partial charge in [-0.15, -0.1) is 0 Å². The van der Waals surface area contributed by atoms with E-state index < -0.39 is 0 Å². The van der Waals surface area contributed by atoms with Gasteiger partial charge in [-0.1, -0.05) is 23.8 Å². The zero-order valence-electron chi connectivity index (χ0n) is 15.5. The Labute approximate surface area is 147 Å². The fourth-order valence-corrected chi connectivity index (χ4v) is 4.21. The van der Waals surface area contributed by atoms with E-state index in [9.17, 15) is 5.11 Å². The molecule has 0 amide bonds. The fourth-order valence-electron chi connectivity index (χ4n) is 4.21. The standard InChI is InChI=1S/C20H33N3O/c1-16-6-7-17(2)19(13-16)20(24)15-22-9-11-23(12-10-22)18-5-4-8-21(3)14-18/h6-7,13,18,20,24H,4-5,8-12,14-15H2,1-3H3/t18-,20+/m0/s1. The number of hydrogen-bond acceptors (Lipinski definition) is 4. The Bertz CT molecular complexity index is 540. The minimum atomic E-state index is -0.378. The number of likely N-dealkylation sites (tertiary alicyclic amines) is 1. The van der Waals surface area contributed by atoms with Crippen LogP contribution in [0.1, 0.15) is 35.6 Å².